The Kier molecular flexibility index (Phi) is 31.4. The third-order valence-corrected chi connectivity index (χ3v) is 10.0. The average Bonchev–Trinajstić information content (AvgIpc) is 3.92. The quantitative estimate of drug-likeness (QED) is 0.0251. The molecule has 0 radical (unpaired) electrons. The number of benzene rings is 4. The average molecular weight is 1100 g/mol. The number of phenolic OH excluding ortho intramolecular Hbond substituents is 1. The smallest absolute Gasteiger partial charge is 0.416 e. The number of rotatable bonds is 20. The molecular formula is C54H55ClF4O16S. The standard InChI is InChI=1S/C12H11F3O3.C11H11ClO3.C11H11FO3.C11H12O4.C9H10O3S/c1-2-18-11(17)7-10(16)8-4-3-5-9(6-8)12(13,14)15;3*1-2-15-11(14)7-10(13)8-3-5-9(12)6-4-8;1-2-12-9(11)6-7(10)8-4-3-5-13-8/h3-6H,2,7H2,1H3;2*3-6H,2,7H2,1H3;3-6,12H,2,7H2,1H3;3-5H,2,6H2,1H3. The van der Waals surface area contributed by atoms with Crippen molar-refractivity contribution in [1.82, 2.24) is 0 Å². The molecule has 1 heterocycles. The Morgan fingerprint density at radius 2 is 0.803 bits per heavy atom. The van der Waals surface area contributed by atoms with Gasteiger partial charge in [0, 0.05) is 27.3 Å². The van der Waals surface area contributed by atoms with Crippen molar-refractivity contribution < 1.29 is 94.3 Å². The zero-order valence-corrected chi connectivity index (χ0v) is 43.5. The topological polar surface area (TPSA) is 237 Å². The number of carbonyl (C=O) groups is 10. The van der Waals surface area contributed by atoms with E-state index in [4.69, 9.17) is 16.7 Å². The number of carbonyl (C=O) groups excluding carboxylic acids is 10. The summed E-state index contributed by atoms with van der Waals surface area (Å²) in [5.74, 6) is -4.94. The Balaban J connectivity index is 0.000000477. The van der Waals surface area contributed by atoms with E-state index in [1.54, 1.807) is 76.4 Å². The first-order chi connectivity index (χ1) is 36.0. The summed E-state index contributed by atoms with van der Waals surface area (Å²) in [7, 11) is 0. The molecule has 0 unspecified atom stereocenters. The molecule has 0 saturated heterocycles. The van der Waals surface area contributed by atoms with E-state index in [9.17, 15) is 65.5 Å². The highest BCUT2D eigenvalue weighted by molar-refractivity contribution is 7.12. The summed E-state index contributed by atoms with van der Waals surface area (Å²) in [5, 5.41) is 11.4. The van der Waals surface area contributed by atoms with Gasteiger partial charge in [-0.15, -0.1) is 11.3 Å². The van der Waals surface area contributed by atoms with E-state index >= 15 is 0 Å². The number of halogens is 5. The molecule has 0 bridgehead atoms. The fourth-order valence-electron chi connectivity index (χ4n) is 5.44. The lowest BCUT2D eigenvalue weighted by Crippen LogP contribution is -2.12. The van der Waals surface area contributed by atoms with Crippen molar-refractivity contribution in [3.63, 3.8) is 0 Å². The lowest BCUT2D eigenvalue weighted by atomic mass is 10.1. The molecule has 22 heteroatoms. The Bertz CT molecular complexity index is 2500. The van der Waals surface area contributed by atoms with Gasteiger partial charge in [-0.3, -0.25) is 47.9 Å². The SMILES string of the molecule is CCOC(=O)CC(=O)c1ccc(Cl)cc1.CCOC(=O)CC(=O)c1ccc(F)cc1.CCOC(=O)CC(=O)c1ccc(O)cc1.CCOC(=O)CC(=O)c1cccc(C(F)(F)F)c1.CCOC(=O)CC(=O)c1cccs1. The molecule has 0 fully saturated rings. The Hall–Kier alpha value is -7.91. The van der Waals surface area contributed by atoms with Crippen molar-refractivity contribution in [3.8, 4) is 5.75 Å². The maximum atomic E-state index is 12.5. The zero-order valence-electron chi connectivity index (χ0n) is 41.9. The second kappa shape index (κ2) is 36.1. The van der Waals surface area contributed by atoms with Crippen molar-refractivity contribution in [1.29, 1.82) is 0 Å². The van der Waals surface area contributed by atoms with Gasteiger partial charge in [-0.1, -0.05) is 29.8 Å². The highest BCUT2D eigenvalue weighted by atomic mass is 35.5. The maximum absolute atomic E-state index is 12.5. The number of phenols is 1. The first-order valence-corrected chi connectivity index (χ1v) is 24.2. The molecule has 0 aliphatic rings. The molecule has 0 saturated carbocycles. The van der Waals surface area contributed by atoms with Crippen LogP contribution in [0.2, 0.25) is 5.02 Å². The van der Waals surface area contributed by atoms with Crippen LogP contribution in [0.1, 0.15) is 123 Å². The van der Waals surface area contributed by atoms with Gasteiger partial charge in [-0.05, 0) is 131 Å². The van der Waals surface area contributed by atoms with Crippen LogP contribution in [-0.2, 0) is 53.8 Å². The third kappa shape index (κ3) is 28.0. The number of alkyl halides is 3. The van der Waals surface area contributed by atoms with Crippen LogP contribution in [0.3, 0.4) is 0 Å². The number of thiophene rings is 1. The van der Waals surface area contributed by atoms with E-state index in [2.05, 4.69) is 23.7 Å². The lowest BCUT2D eigenvalue weighted by Gasteiger charge is -2.08. The fraction of sp³-hybridized carbons (Fsp3) is 0.296. The van der Waals surface area contributed by atoms with Crippen LogP contribution in [0.4, 0.5) is 17.6 Å². The lowest BCUT2D eigenvalue weighted by molar-refractivity contribution is -0.143. The van der Waals surface area contributed by atoms with Gasteiger partial charge < -0.3 is 28.8 Å². The largest absolute Gasteiger partial charge is 0.508 e. The summed E-state index contributed by atoms with van der Waals surface area (Å²) in [6.07, 6.45) is -6.03. The maximum Gasteiger partial charge on any atom is 0.416 e. The van der Waals surface area contributed by atoms with Crippen molar-refractivity contribution in [2.45, 2.75) is 72.9 Å². The first-order valence-electron chi connectivity index (χ1n) is 22.9. The summed E-state index contributed by atoms with van der Waals surface area (Å²) >= 11 is 7.00. The number of esters is 5. The summed E-state index contributed by atoms with van der Waals surface area (Å²) in [4.78, 5) is 113. The van der Waals surface area contributed by atoms with E-state index in [0.29, 0.717) is 33.2 Å². The van der Waals surface area contributed by atoms with Crippen LogP contribution in [0, 0.1) is 5.82 Å². The number of hydrogen-bond donors (Lipinski definition) is 1. The van der Waals surface area contributed by atoms with Gasteiger partial charge in [0.1, 0.15) is 43.7 Å². The second-order valence-corrected chi connectivity index (χ2v) is 16.0. The van der Waals surface area contributed by atoms with Crippen LogP contribution in [-0.4, -0.2) is 96.9 Å². The minimum atomic E-state index is -4.51. The van der Waals surface area contributed by atoms with Gasteiger partial charge in [0.05, 0.1) is 43.5 Å². The van der Waals surface area contributed by atoms with E-state index in [-0.39, 0.29) is 86.6 Å². The molecule has 76 heavy (non-hydrogen) atoms. The molecule has 4 aromatic carbocycles. The van der Waals surface area contributed by atoms with Crippen LogP contribution in [0.15, 0.2) is 115 Å². The fourth-order valence-corrected chi connectivity index (χ4v) is 6.23. The molecule has 5 rings (SSSR count). The molecule has 16 nitrogen and oxygen atoms in total. The molecule has 1 N–H and O–H groups in total. The van der Waals surface area contributed by atoms with Crippen molar-refractivity contribution >= 4 is 81.7 Å². The Morgan fingerprint density at radius 1 is 0.461 bits per heavy atom. The molecule has 408 valence electrons. The van der Waals surface area contributed by atoms with Crippen LogP contribution in [0.5, 0.6) is 5.75 Å². The number of ether oxygens (including phenoxy) is 5. The molecule has 5 aromatic rings. The summed E-state index contributed by atoms with van der Waals surface area (Å²) in [6, 6.07) is 24.6. The monoisotopic (exact) mass is 1100 g/mol. The molecule has 0 atom stereocenters. The summed E-state index contributed by atoms with van der Waals surface area (Å²) in [6.45, 7) is 9.57. The molecular weight excluding hydrogens is 1050 g/mol. The van der Waals surface area contributed by atoms with Crippen molar-refractivity contribution in [3.05, 3.63) is 158 Å². The highest BCUT2D eigenvalue weighted by Crippen LogP contribution is 2.30. The summed E-state index contributed by atoms with van der Waals surface area (Å²) in [5.41, 5.74) is 0.0906. The van der Waals surface area contributed by atoms with Gasteiger partial charge in [-0.25, -0.2) is 4.39 Å². The molecule has 1 aromatic heterocycles. The van der Waals surface area contributed by atoms with Crippen molar-refractivity contribution in [2.24, 2.45) is 0 Å². The van der Waals surface area contributed by atoms with Gasteiger partial charge in [-0.2, -0.15) is 13.2 Å². The van der Waals surface area contributed by atoms with E-state index in [0.717, 1.165) is 18.2 Å². The van der Waals surface area contributed by atoms with E-state index < -0.39 is 59.6 Å². The predicted molar refractivity (Wildman–Crippen MR) is 270 cm³/mol. The number of ketones is 5. The van der Waals surface area contributed by atoms with Gasteiger partial charge in [0.25, 0.3) is 0 Å². The minimum Gasteiger partial charge on any atom is -0.508 e. The van der Waals surface area contributed by atoms with E-state index in [1.165, 1.54) is 65.9 Å². The molecule has 0 aliphatic carbocycles. The van der Waals surface area contributed by atoms with Gasteiger partial charge >= 0.3 is 36.0 Å². The number of Topliss-reactive ketones (excluding diaryl/α,β-unsaturated/α-hetero) is 5. The van der Waals surface area contributed by atoms with Gasteiger partial charge in [0.15, 0.2) is 28.9 Å². The number of aromatic hydroxyl groups is 1. The first kappa shape index (κ1) is 66.1. The van der Waals surface area contributed by atoms with Gasteiger partial charge in [0.2, 0.25) is 0 Å². The van der Waals surface area contributed by atoms with Crippen LogP contribution in [0.25, 0.3) is 0 Å². The van der Waals surface area contributed by atoms with Crippen LogP contribution < -0.4 is 0 Å². The summed E-state index contributed by atoms with van der Waals surface area (Å²) < 4.78 is 72.9. The predicted octanol–water partition coefficient (Wildman–Crippen LogP) is 10.7. The van der Waals surface area contributed by atoms with Crippen molar-refractivity contribution in [2.75, 3.05) is 33.0 Å². The zero-order chi connectivity index (χ0) is 57.2. The molecule has 0 amide bonds. The molecule has 0 spiro atoms. The minimum absolute atomic E-state index is 0.0858. The normalized spacial score (nSPS) is 10.0. The van der Waals surface area contributed by atoms with Crippen LogP contribution >= 0.6 is 22.9 Å². The Morgan fingerprint density at radius 3 is 1.14 bits per heavy atom. The highest BCUT2D eigenvalue weighted by Gasteiger charge is 2.31. The number of hydrogen-bond acceptors (Lipinski definition) is 17. The second-order valence-electron chi connectivity index (χ2n) is 14.6. The third-order valence-electron chi connectivity index (χ3n) is 8.88. The molecule has 0 aliphatic heterocycles. The van der Waals surface area contributed by atoms with E-state index in [1.807, 2.05) is 0 Å². The Labute approximate surface area is 444 Å².